The van der Waals surface area contributed by atoms with Crippen molar-refractivity contribution in [1.82, 2.24) is 9.97 Å². The van der Waals surface area contributed by atoms with E-state index < -0.39 is 0 Å². The van der Waals surface area contributed by atoms with Crippen LogP contribution >= 0.6 is 0 Å². The van der Waals surface area contributed by atoms with Crippen molar-refractivity contribution in [2.75, 3.05) is 34.9 Å². The lowest BCUT2D eigenvalue weighted by Crippen LogP contribution is -2.12. The Kier molecular flexibility index (Phi) is 6.44. The molecule has 0 bridgehead atoms. The highest BCUT2D eigenvalue weighted by Crippen LogP contribution is 2.28. The number of para-hydroxylation sites is 1. The van der Waals surface area contributed by atoms with Crippen LogP contribution < -0.4 is 20.9 Å². The second-order valence-electron chi connectivity index (χ2n) is 8.53. The maximum absolute atomic E-state index is 12.7. The molecule has 3 aromatic carbocycles. The van der Waals surface area contributed by atoms with Gasteiger partial charge in [0.2, 0.25) is 0 Å². The van der Waals surface area contributed by atoms with Gasteiger partial charge >= 0.3 is 0 Å². The Bertz CT molecular complexity index is 1480. The number of hydrogen-bond donors (Lipinski definition) is 3. The second kappa shape index (κ2) is 10.1. The fraction of sp³-hybridized carbons (Fsp3) is 0.0690. The van der Waals surface area contributed by atoms with Crippen molar-refractivity contribution in [2.45, 2.75) is 0 Å². The molecule has 0 spiro atoms. The largest absolute Gasteiger partial charge is 0.378 e. The summed E-state index contributed by atoms with van der Waals surface area (Å²) >= 11 is 0. The van der Waals surface area contributed by atoms with Crippen LogP contribution in [0.4, 0.5) is 34.3 Å². The fourth-order valence-corrected chi connectivity index (χ4v) is 3.79. The van der Waals surface area contributed by atoms with Crippen LogP contribution in [0.3, 0.4) is 0 Å². The molecule has 0 saturated heterocycles. The number of nitrogens with zero attached hydrogens (tertiary/aromatic N) is 3. The molecule has 0 aliphatic heterocycles. The number of nitrogens with one attached hydrogen (secondary N) is 3. The van der Waals surface area contributed by atoms with Crippen molar-refractivity contribution >= 4 is 51.1 Å². The van der Waals surface area contributed by atoms with Gasteiger partial charge in [0, 0.05) is 54.6 Å². The Morgan fingerprint density at radius 3 is 2.22 bits per heavy atom. The highest BCUT2D eigenvalue weighted by molar-refractivity contribution is 6.04. The predicted octanol–water partition coefficient (Wildman–Crippen LogP) is 6.44. The van der Waals surface area contributed by atoms with Crippen molar-refractivity contribution in [3.05, 3.63) is 109 Å². The number of hydrogen-bond acceptors (Lipinski definition) is 6. The maximum Gasteiger partial charge on any atom is 0.257 e. The molecule has 36 heavy (non-hydrogen) atoms. The molecule has 0 radical (unpaired) electrons. The first-order valence-corrected chi connectivity index (χ1v) is 11.6. The molecular formula is C29H26N6O. The SMILES string of the molecule is CN(C)c1ccc2nccc(Nc3ccc(C(=O)Nc4ccc(Nc5ccccc5)cc4)cn3)c2c1. The van der Waals surface area contributed by atoms with Crippen LogP contribution in [0.1, 0.15) is 10.4 Å². The van der Waals surface area contributed by atoms with Gasteiger partial charge in [0.25, 0.3) is 5.91 Å². The topological polar surface area (TPSA) is 82.2 Å². The molecule has 0 atom stereocenters. The van der Waals surface area contributed by atoms with Crippen molar-refractivity contribution in [2.24, 2.45) is 0 Å². The first-order chi connectivity index (χ1) is 17.5. The van der Waals surface area contributed by atoms with Crippen LogP contribution in [0, 0.1) is 0 Å². The molecule has 0 fully saturated rings. The average Bonchev–Trinajstić information content (AvgIpc) is 2.91. The number of anilines is 6. The van der Waals surface area contributed by atoms with E-state index in [0.29, 0.717) is 17.1 Å². The molecule has 5 aromatic rings. The van der Waals surface area contributed by atoms with Gasteiger partial charge in [-0.25, -0.2) is 4.98 Å². The minimum Gasteiger partial charge on any atom is -0.378 e. The van der Waals surface area contributed by atoms with Gasteiger partial charge in [-0.05, 0) is 72.8 Å². The van der Waals surface area contributed by atoms with Gasteiger partial charge in [0.1, 0.15) is 5.82 Å². The molecule has 2 aromatic heterocycles. The van der Waals surface area contributed by atoms with Crippen LogP contribution in [0.15, 0.2) is 103 Å². The lowest BCUT2D eigenvalue weighted by Gasteiger charge is -2.15. The van der Waals surface area contributed by atoms with E-state index in [4.69, 9.17) is 0 Å². The number of benzene rings is 3. The molecule has 3 N–H and O–H groups in total. The smallest absolute Gasteiger partial charge is 0.257 e. The summed E-state index contributed by atoms with van der Waals surface area (Å²) < 4.78 is 0. The summed E-state index contributed by atoms with van der Waals surface area (Å²) in [6.45, 7) is 0. The molecule has 1 amide bonds. The Morgan fingerprint density at radius 2 is 1.50 bits per heavy atom. The second-order valence-corrected chi connectivity index (χ2v) is 8.53. The Hall–Kier alpha value is -4.91. The van der Waals surface area contributed by atoms with Gasteiger partial charge in [-0.15, -0.1) is 0 Å². The number of amides is 1. The first-order valence-electron chi connectivity index (χ1n) is 11.6. The third kappa shape index (κ3) is 5.26. The molecule has 0 aliphatic carbocycles. The van der Waals surface area contributed by atoms with Crippen LogP contribution in [0.5, 0.6) is 0 Å². The van der Waals surface area contributed by atoms with Gasteiger partial charge in [0.15, 0.2) is 0 Å². The van der Waals surface area contributed by atoms with E-state index in [1.165, 1.54) is 0 Å². The lowest BCUT2D eigenvalue weighted by molar-refractivity contribution is 0.102. The summed E-state index contributed by atoms with van der Waals surface area (Å²) in [6.07, 6.45) is 3.33. The van der Waals surface area contributed by atoms with Crippen molar-refractivity contribution in [3.8, 4) is 0 Å². The molecule has 178 valence electrons. The van der Waals surface area contributed by atoms with E-state index in [0.717, 1.165) is 33.7 Å². The molecule has 0 unspecified atom stereocenters. The van der Waals surface area contributed by atoms with E-state index in [-0.39, 0.29) is 5.91 Å². The molecular weight excluding hydrogens is 448 g/mol. The van der Waals surface area contributed by atoms with E-state index in [1.807, 2.05) is 86.9 Å². The summed E-state index contributed by atoms with van der Waals surface area (Å²) in [5.74, 6) is 0.424. The zero-order valence-corrected chi connectivity index (χ0v) is 20.1. The molecule has 7 nitrogen and oxygen atoms in total. The van der Waals surface area contributed by atoms with E-state index >= 15 is 0 Å². The number of carbonyl (C=O) groups excluding carboxylic acids is 1. The third-order valence-corrected chi connectivity index (χ3v) is 5.74. The van der Waals surface area contributed by atoms with Gasteiger partial charge in [-0.1, -0.05) is 18.2 Å². The van der Waals surface area contributed by atoms with Crippen molar-refractivity contribution in [3.63, 3.8) is 0 Å². The predicted molar refractivity (Wildman–Crippen MR) is 148 cm³/mol. The zero-order valence-electron chi connectivity index (χ0n) is 20.1. The van der Waals surface area contributed by atoms with Crippen LogP contribution in [0.25, 0.3) is 10.9 Å². The number of rotatable bonds is 7. The molecule has 5 rings (SSSR count). The van der Waals surface area contributed by atoms with Gasteiger partial charge in [-0.2, -0.15) is 0 Å². The van der Waals surface area contributed by atoms with Gasteiger partial charge in [0.05, 0.1) is 16.8 Å². The minimum absolute atomic E-state index is 0.220. The highest BCUT2D eigenvalue weighted by Gasteiger charge is 2.09. The van der Waals surface area contributed by atoms with Crippen molar-refractivity contribution in [1.29, 1.82) is 0 Å². The summed E-state index contributed by atoms with van der Waals surface area (Å²) in [5.41, 5.74) is 6.01. The van der Waals surface area contributed by atoms with E-state index in [9.17, 15) is 4.79 Å². The van der Waals surface area contributed by atoms with E-state index in [1.54, 1.807) is 24.5 Å². The number of pyridine rings is 2. The fourth-order valence-electron chi connectivity index (χ4n) is 3.79. The van der Waals surface area contributed by atoms with Crippen molar-refractivity contribution < 1.29 is 4.79 Å². The highest BCUT2D eigenvalue weighted by atomic mass is 16.1. The Balaban J connectivity index is 1.25. The van der Waals surface area contributed by atoms with Crippen LogP contribution in [-0.2, 0) is 0 Å². The summed E-state index contributed by atoms with van der Waals surface area (Å²) in [5, 5.41) is 10.6. The summed E-state index contributed by atoms with van der Waals surface area (Å²) in [6, 6.07) is 29.1. The summed E-state index contributed by atoms with van der Waals surface area (Å²) in [7, 11) is 4.01. The molecule has 7 heteroatoms. The van der Waals surface area contributed by atoms with Gasteiger partial charge in [-0.3, -0.25) is 9.78 Å². The third-order valence-electron chi connectivity index (χ3n) is 5.74. The van der Waals surface area contributed by atoms with Gasteiger partial charge < -0.3 is 20.9 Å². The normalized spacial score (nSPS) is 10.6. The van der Waals surface area contributed by atoms with Crippen LogP contribution in [0.2, 0.25) is 0 Å². The number of fused-ring (bicyclic) bond motifs is 1. The van der Waals surface area contributed by atoms with Crippen LogP contribution in [-0.4, -0.2) is 30.0 Å². The Morgan fingerprint density at radius 1 is 0.750 bits per heavy atom. The maximum atomic E-state index is 12.7. The average molecular weight is 475 g/mol. The lowest BCUT2D eigenvalue weighted by atomic mass is 10.1. The zero-order chi connectivity index (χ0) is 24.9. The quantitative estimate of drug-likeness (QED) is 0.252. The molecule has 0 saturated carbocycles. The standard InChI is InChI=1S/C29H26N6O/c1-35(2)24-13-14-26-25(18-24)27(16-17-30-26)34-28-15-8-20(19-31-28)29(36)33-23-11-9-22(10-12-23)32-21-6-4-3-5-7-21/h3-19,32H,1-2H3,(H,33,36)(H,30,31,34). The number of carbonyl (C=O) groups is 1. The Labute approximate surface area is 209 Å². The minimum atomic E-state index is -0.220. The molecule has 2 heterocycles. The monoisotopic (exact) mass is 474 g/mol. The summed E-state index contributed by atoms with van der Waals surface area (Å²) in [4.78, 5) is 23.7. The first kappa shape index (κ1) is 22.9. The van der Waals surface area contributed by atoms with E-state index in [2.05, 4.69) is 36.9 Å². The molecule has 0 aliphatic rings. The number of aromatic nitrogens is 2.